The number of terminal acetylenes is 1. The molecule has 0 atom stereocenters. The van der Waals surface area contributed by atoms with Gasteiger partial charge >= 0.3 is 0 Å². The number of benzene rings is 1. The highest BCUT2D eigenvalue weighted by molar-refractivity contribution is 6.00. The van der Waals surface area contributed by atoms with E-state index in [-0.39, 0.29) is 18.4 Å². The van der Waals surface area contributed by atoms with Crippen LogP contribution in [0.1, 0.15) is 24.1 Å². The second-order valence-electron chi connectivity index (χ2n) is 5.22. The van der Waals surface area contributed by atoms with E-state index >= 15 is 0 Å². The van der Waals surface area contributed by atoms with Crippen LogP contribution in [0.25, 0.3) is 10.9 Å². The zero-order valence-electron chi connectivity index (χ0n) is 13.5. The molecule has 0 bridgehead atoms. The summed E-state index contributed by atoms with van der Waals surface area (Å²) in [7, 11) is 0. The van der Waals surface area contributed by atoms with Crippen LogP contribution in [0.15, 0.2) is 43.1 Å². The average molecular weight is 324 g/mol. The molecule has 0 saturated heterocycles. The Labute approximate surface area is 141 Å². The van der Waals surface area contributed by atoms with Crippen LogP contribution in [0.2, 0.25) is 0 Å². The van der Waals surface area contributed by atoms with Gasteiger partial charge in [-0.05, 0) is 31.1 Å². The zero-order valence-corrected chi connectivity index (χ0v) is 13.5. The highest BCUT2D eigenvalue weighted by Gasteiger charge is 2.12. The average Bonchev–Trinajstić information content (AvgIpc) is 3.03. The molecule has 2 aromatic rings. The molecule has 24 heavy (non-hydrogen) atoms. The van der Waals surface area contributed by atoms with Crippen molar-refractivity contribution in [1.29, 1.82) is 0 Å². The summed E-state index contributed by atoms with van der Waals surface area (Å²) in [6.45, 7) is 3.95. The van der Waals surface area contributed by atoms with Gasteiger partial charge in [0, 0.05) is 24.5 Å². The summed E-state index contributed by atoms with van der Waals surface area (Å²) in [5.41, 5.74) is 0.629. The minimum Gasteiger partial charge on any atom is -0.482 e. The van der Waals surface area contributed by atoms with Crippen LogP contribution in [0, 0.1) is 12.3 Å². The second kappa shape index (κ2) is 8.59. The van der Waals surface area contributed by atoms with Gasteiger partial charge in [0.1, 0.15) is 5.75 Å². The van der Waals surface area contributed by atoms with Gasteiger partial charge in [-0.2, -0.15) is 0 Å². The van der Waals surface area contributed by atoms with Crippen molar-refractivity contribution >= 4 is 22.7 Å². The SMILES string of the molecule is C#CCCCCNC(=O)COc1cccc2ccn(C(=O)C=C)c12. The summed E-state index contributed by atoms with van der Waals surface area (Å²) < 4.78 is 7.05. The Hall–Kier alpha value is -3.00. The number of rotatable bonds is 8. The summed E-state index contributed by atoms with van der Waals surface area (Å²) in [5.74, 6) is 2.59. The standard InChI is InChI=1S/C19H20N2O3/c1-3-5-6-7-12-20-17(22)14-24-16-10-8-9-15-11-13-21(19(15)16)18(23)4-2/h1,4,8-11,13H,2,5-7,12,14H2,(H,20,22). The molecule has 0 unspecified atom stereocenters. The Morgan fingerprint density at radius 3 is 2.92 bits per heavy atom. The third kappa shape index (κ3) is 4.26. The molecule has 1 aromatic heterocycles. The number of fused-ring (bicyclic) bond motifs is 1. The highest BCUT2D eigenvalue weighted by Crippen LogP contribution is 2.26. The fraction of sp³-hybridized carbons (Fsp3) is 0.263. The van der Waals surface area contributed by atoms with Crippen molar-refractivity contribution in [3.05, 3.63) is 43.1 Å². The Kier molecular flexibility index (Phi) is 6.21. The summed E-state index contributed by atoms with van der Waals surface area (Å²) >= 11 is 0. The third-order valence-electron chi connectivity index (χ3n) is 3.52. The van der Waals surface area contributed by atoms with Crippen LogP contribution in [0.5, 0.6) is 5.75 Å². The Morgan fingerprint density at radius 2 is 2.17 bits per heavy atom. The van der Waals surface area contributed by atoms with Gasteiger partial charge in [-0.25, -0.2) is 0 Å². The van der Waals surface area contributed by atoms with Crippen molar-refractivity contribution in [1.82, 2.24) is 9.88 Å². The van der Waals surface area contributed by atoms with Gasteiger partial charge in [-0.1, -0.05) is 18.7 Å². The van der Waals surface area contributed by atoms with Crippen molar-refractivity contribution in [2.75, 3.05) is 13.2 Å². The Morgan fingerprint density at radius 1 is 1.33 bits per heavy atom. The van der Waals surface area contributed by atoms with Gasteiger partial charge in [-0.15, -0.1) is 12.3 Å². The van der Waals surface area contributed by atoms with E-state index < -0.39 is 0 Å². The molecule has 0 aliphatic rings. The lowest BCUT2D eigenvalue weighted by atomic mass is 10.2. The van der Waals surface area contributed by atoms with Crippen LogP contribution < -0.4 is 10.1 Å². The summed E-state index contributed by atoms with van der Waals surface area (Å²) in [4.78, 5) is 23.7. The second-order valence-corrected chi connectivity index (χ2v) is 5.22. The van der Waals surface area contributed by atoms with Crippen molar-refractivity contribution in [2.45, 2.75) is 19.3 Å². The molecule has 0 aliphatic carbocycles. The van der Waals surface area contributed by atoms with Crippen molar-refractivity contribution in [3.63, 3.8) is 0 Å². The number of para-hydroxylation sites is 1. The Bertz CT molecular complexity index is 783. The predicted octanol–water partition coefficient (Wildman–Crippen LogP) is 2.77. The van der Waals surface area contributed by atoms with Crippen LogP contribution in [-0.4, -0.2) is 29.5 Å². The highest BCUT2D eigenvalue weighted by atomic mass is 16.5. The normalized spacial score (nSPS) is 10.1. The maximum absolute atomic E-state index is 11.9. The minimum atomic E-state index is -0.251. The molecule has 1 amide bonds. The zero-order chi connectivity index (χ0) is 17.4. The molecular formula is C19H20N2O3. The van der Waals surface area contributed by atoms with E-state index in [9.17, 15) is 9.59 Å². The molecule has 2 rings (SSSR count). The van der Waals surface area contributed by atoms with Crippen LogP contribution in [0.4, 0.5) is 0 Å². The third-order valence-corrected chi connectivity index (χ3v) is 3.52. The van der Waals surface area contributed by atoms with Crippen LogP contribution in [0.3, 0.4) is 0 Å². The summed E-state index contributed by atoms with van der Waals surface area (Å²) in [5, 5.41) is 3.64. The Balaban J connectivity index is 1.99. The first kappa shape index (κ1) is 17.4. The molecule has 1 heterocycles. The van der Waals surface area contributed by atoms with E-state index in [0.717, 1.165) is 18.2 Å². The maximum Gasteiger partial charge on any atom is 0.257 e. The van der Waals surface area contributed by atoms with Gasteiger partial charge < -0.3 is 10.1 Å². The number of nitrogens with one attached hydrogen (secondary N) is 1. The van der Waals surface area contributed by atoms with E-state index in [4.69, 9.17) is 11.2 Å². The summed E-state index contributed by atoms with van der Waals surface area (Å²) in [6.07, 6.45) is 10.5. The van der Waals surface area contributed by atoms with Crippen molar-refractivity contribution < 1.29 is 14.3 Å². The number of carbonyl (C=O) groups excluding carboxylic acids is 2. The molecule has 0 spiro atoms. The number of amides is 1. The molecule has 1 aromatic carbocycles. The lowest BCUT2D eigenvalue weighted by Gasteiger charge is -2.10. The lowest BCUT2D eigenvalue weighted by molar-refractivity contribution is -0.123. The number of ether oxygens (including phenoxy) is 1. The minimum absolute atomic E-state index is 0.109. The van der Waals surface area contributed by atoms with Gasteiger partial charge in [-0.3, -0.25) is 14.2 Å². The number of unbranched alkanes of at least 4 members (excludes halogenated alkanes) is 2. The molecule has 0 aliphatic heterocycles. The summed E-state index contributed by atoms with van der Waals surface area (Å²) in [6, 6.07) is 7.24. The molecule has 0 fully saturated rings. The number of hydrogen-bond acceptors (Lipinski definition) is 3. The quantitative estimate of drug-likeness (QED) is 0.461. The van der Waals surface area contributed by atoms with Gasteiger partial charge in [0.25, 0.3) is 11.8 Å². The van der Waals surface area contributed by atoms with E-state index in [1.807, 2.05) is 18.2 Å². The fourth-order valence-electron chi connectivity index (χ4n) is 2.33. The number of aromatic nitrogens is 1. The maximum atomic E-state index is 11.9. The first-order chi connectivity index (χ1) is 11.7. The van der Waals surface area contributed by atoms with E-state index in [1.54, 1.807) is 12.3 Å². The first-order valence-electron chi connectivity index (χ1n) is 7.77. The molecule has 124 valence electrons. The van der Waals surface area contributed by atoms with Crippen molar-refractivity contribution in [2.24, 2.45) is 0 Å². The number of nitrogens with zero attached hydrogens (tertiary/aromatic N) is 1. The number of allylic oxidation sites excluding steroid dienone is 1. The number of carbonyl (C=O) groups is 2. The largest absolute Gasteiger partial charge is 0.482 e. The molecular weight excluding hydrogens is 304 g/mol. The van der Waals surface area contributed by atoms with Crippen molar-refractivity contribution in [3.8, 4) is 18.1 Å². The van der Waals surface area contributed by atoms with Crippen LogP contribution >= 0.6 is 0 Å². The van der Waals surface area contributed by atoms with E-state index in [2.05, 4.69) is 17.8 Å². The monoisotopic (exact) mass is 324 g/mol. The fourth-order valence-corrected chi connectivity index (χ4v) is 2.33. The van der Waals surface area contributed by atoms with Gasteiger partial charge in [0.2, 0.25) is 0 Å². The molecule has 1 N–H and O–H groups in total. The van der Waals surface area contributed by atoms with E-state index in [0.29, 0.717) is 24.2 Å². The van der Waals surface area contributed by atoms with Gasteiger partial charge in [0.05, 0.1) is 5.52 Å². The molecule has 0 saturated carbocycles. The first-order valence-corrected chi connectivity index (χ1v) is 7.77. The smallest absolute Gasteiger partial charge is 0.257 e. The molecule has 5 nitrogen and oxygen atoms in total. The predicted molar refractivity (Wildman–Crippen MR) is 94.0 cm³/mol. The topological polar surface area (TPSA) is 60.3 Å². The van der Waals surface area contributed by atoms with Gasteiger partial charge in [0.15, 0.2) is 6.61 Å². The lowest BCUT2D eigenvalue weighted by Crippen LogP contribution is -2.29. The molecule has 5 heteroatoms. The van der Waals surface area contributed by atoms with Crippen LogP contribution in [-0.2, 0) is 4.79 Å². The number of hydrogen-bond donors (Lipinski definition) is 1. The molecule has 0 radical (unpaired) electrons. The van der Waals surface area contributed by atoms with E-state index in [1.165, 1.54) is 10.6 Å².